The number of esters is 1. The minimum absolute atomic E-state index is 0.114. The molecule has 3 N–H and O–H groups in total. The minimum Gasteiger partial charge on any atom is -0.459 e. The van der Waals surface area contributed by atoms with Crippen LogP contribution >= 0.6 is 0 Å². The van der Waals surface area contributed by atoms with Crippen LogP contribution in [0.1, 0.15) is 56.5 Å². The number of likely N-dealkylation sites (tertiary alicyclic amines) is 1. The third kappa shape index (κ3) is 5.64. The Balaban J connectivity index is 1.77. The highest BCUT2D eigenvalue weighted by atomic mass is 16.5. The zero-order valence-corrected chi connectivity index (χ0v) is 20.0. The Labute approximate surface area is 201 Å². The quantitative estimate of drug-likeness (QED) is 0.469. The largest absolute Gasteiger partial charge is 0.459 e. The summed E-state index contributed by atoms with van der Waals surface area (Å²) in [5, 5.41) is 0. The molecule has 190 valence electrons. The Bertz CT molecular complexity index is 1170. The first kappa shape index (κ1) is 25.8. The molecular formula is C23H31N5O7. The number of H-pyrrole nitrogens is 1. The molecular weight excluding hydrogens is 458 g/mol. The van der Waals surface area contributed by atoms with Gasteiger partial charge in [0, 0.05) is 19.6 Å². The third-order valence-corrected chi connectivity index (χ3v) is 5.82. The van der Waals surface area contributed by atoms with Crippen molar-refractivity contribution in [2.24, 2.45) is 0 Å². The number of aromatic nitrogens is 2. The lowest BCUT2D eigenvalue weighted by molar-refractivity contribution is -0.151. The van der Waals surface area contributed by atoms with Crippen molar-refractivity contribution in [2.75, 3.05) is 30.3 Å². The highest BCUT2D eigenvalue weighted by Gasteiger charge is 2.37. The number of carbonyl (C=O) groups excluding carboxylic acids is 3. The molecule has 2 aromatic heterocycles. The number of nitrogens with one attached hydrogen (secondary N) is 1. The van der Waals surface area contributed by atoms with Crippen molar-refractivity contribution in [3.8, 4) is 0 Å². The molecule has 12 heteroatoms. The molecule has 3 heterocycles. The second kappa shape index (κ2) is 11.5. The molecule has 1 saturated heterocycles. The number of nitrogen functional groups attached to an aromatic ring is 1. The predicted molar refractivity (Wildman–Crippen MR) is 127 cm³/mol. The van der Waals surface area contributed by atoms with Crippen molar-refractivity contribution >= 4 is 29.3 Å². The maximum Gasteiger partial charge on any atom is 0.330 e. The van der Waals surface area contributed by atoms with Crippen molar-refractivity contribution in [3.63, 3.8) is 0 Å². The number of nitrogens with zero attached hydrogens (tertiary/aromatic N) is 3. The summed E-state index contributed by atoms with van der Waals surface area (Å²) >= 11 is 0. The van der Waals surface area contributed by atoms with Crippen molar-refractivity contribution in [1.82, 2.24) is 14.5 Å². The average molecular weight is 490 g/mol. The fraction of sp³-hybridized carbons (Fsp3) is 0.522. The van der Waals surface area contributed by atoms with Crippen LogP contribution in [0.3, 0.4) is 0 Å². The number of rotatable bonds is 10. The van der Waals surface area contributed by atoms with Crippen LogP contribution in [0.15, 0.2) is 32.4 Å². The maximum atomic E-state index is 13.1. The molecule has 3 rings (SSSR count). The number of nitrogens with two attached hydrogens (primary N) is 1. The van der Waals surface area contributed by atoms with E-state index in [-0.39, 0.29) is 30.4 Å². The van der Waals surface area contributed by atoms with Crippen molar-refractivity contribution in [3.05, 3.63) is 45.0 Å². The lowest BCUT2D eigenvalue weighted by Gasteiger charge is -2.25. The average Bonchev–Trinajstić information content (AvgIpc) is 3.54. The maximum absolute atomic E-state index is 13.1. The van der Waals surface area contributed by atoms with Gasteiger partial charge in [-0.25, -0.2) is 9.59 Å². The van der Waals surface area contributed by atoms with E-state index in [0.717, 1.165) is 11.3 Å². The van der Waals surface area contributed by atoms with Crippen LogP contribution in [-0.4, -0.2) is 58.0 Å². The Kier molecular flexibility index (Phi) is 8.50. The number of anilines is 2. The first-order valence-electron chi connectivity index (χ1n) is 11.7. The van der Waals surface area contributed by atoms with E-state index in [2.05, 4.69) is 4.98 Å². The summed E-state index contributed by atoms with van der Waals surface area (Å²) < 4.78 is 11.6. The van der Waals surface area contributed by atoms with Gasteiger partial charge in [-0.05, 0) is 37.8 Å². The van der Waals surface area contributed by atoms with Gasteiger partial charge in [-0.1, -0.05) is 20.3 Å². The van der Waals surface area contributed by atoms with Gasteiger partial charge in [-0.3, -0.25) is 23.9 Å². The first-order valence-corrected chi connectivity index (χ1v) is 11.7. The van der Waals surface area contributed by atoms with E-state index in [4.69, 9.17) is 14.9 Å². The van der Waals surface area contributed by atoms with Crippen LogP contribution in [0.25, 0.3) is 0 Å². The molecule has 2 aromatic rings. The highest BCUT2D eigenvalue weighted by Crippen LogP contribution is 2.22. The van der Waals surface area contributed by atoms with Gasteiger partial charge < -0.3 is 24.7 Å². The third-order valence-electron chi connectivity index (χ3n) is 5.82. The molecule has 0 bridgehead atoms. The lowest BCUT2D eigenvalue weighted by atomic mass is 10.2. The monoisotopic (exact) mass is 489 g/mol. The highest BCUT2D eigenvalue weighted by molar-refractivity contribution is 5.98. The number of amides is 2. The Morgan fingerprint density at radius 3 is 2.69 bits per heavy atom. The van der Waals surface area contributed by atoms with Crippen molar-refractivity contribution < 1.29 is 23.5 Å². The van der Waals surface area contributed by atoms with E-state index in [1.165, 1.54) is 21.8 Å². The van der Waals surface area contributed by atoms with Gasteiger partial charge >= 0.3 is 11.7 Å². The summed E-state index contributed by atoms with van der Waals surface area (Å²) in [4.78, 5) is 68.0. The zero-order chi connectivity index (χ0) is 25.5. The van der Waals surface area contributed by atoms with Crippen LogP contribution in [-0.2, 0) is 20.9 Å². The Hall–Kier alpha value is -3.83. The molecule has 1 aliphatic heterocycles. The van der Waals surface area contributed by atoms with Gasteiger partial charge in [-0.2, -0.15) is 0 Å². The molecule has 35 heavy (non-hydrogen) atoms. The molecule has 0 radical (unpaired) electrons. The minimum atomic E-state index is -0.843. The molecule has 0 aliphatic carbocycles. The van der Waals surface area contributed by atoms with Crippen LogP contribution in [0.4, 0.5) is 11.5 Å². The molecule has 0 aromatic carbocycles. The van der Waals surface area contributed by atoms with E-state index in [1.54, 1.807) is 6.07 Å². The van der Waals surface area contributed by atoms with Gasteiger partial charge in [0.1, 0.15) is 11.9 Å². The van der Waals surface area contributed by atoms with Gasteiger partial charge in [0.2, 0.25) is 0 Å². The van der Waals surface area contributed by atoms with Crippen molar-refractivity contribution in [1.29, 1.82) is 0 Å². The van der Waals surface area contributed by atoms with Crippen LogP contribution in [0.5, 0.6) is 0 Å². The molecule has 1 aliphatic rings. The second-order valence-corrected chi connectivity index (χ2v) is 8.29. The fourth-order valence-electron chi connectivity index (χ4n) is 4.06. The summed E-state index contributed by atoms with van der Waals surface area (Å²) in [7, 11) is 0. The van der Waals surface area contributed by atoms with Crippen LogP contribution < -0.4 is 21.9 Å². The Morgan fingerprint density at radius 2 is 2.03 bits per heavy atom. The first-order chi connectivity index (χ1) is 16.8. The zero-order valence-electron chi connectivity index (χ0n) is 20.0. The number of carbonyl (C=O) groups is 3. The van der Waals surface area contributed by atoms with E-state index in [1.807, 2.05) is 13.8 Å². The van der Waals surface area contributed by atoms with Crippen LogP contribution in [0, 0.1) is 0 Å². The van der Waals surface area contributed by atoms with Gasteiger partial charge in [0.15, 0.2) is 18.1 Å². The predicted octanol–water partition coefficient (Wildman–Crippen LogP) is 1.10. The topological polar surface area (TPSA) is 161 Å². The molecule has 2 amide bonds. The van der Waals surface area contributed by atoms with E-state index in [0.29, 0.717) is 32.2 Å². The summed E-state index contributed by atoms with van der Waals surface area (Å²) in [6, 6.07) is 2.25. The second-order valence-electron chi connectivity index (χ2n) is 8.29. The SMILES string of the molecule is CCCCN(C(=O)COC(=O)C1CCCN1C(=O)c1ccco1)c1c(N)n(CCC)c(=O)[nH]c1=O. The van der Waals surface area contributed by atoms with E-state index >= 15 is 0 Å². The van der Waals surface area contributed by atoms with Crippen molar-refractivity contribution in [2.45, 2.75) is 58.5 Å². The normalized spacial score (nSPS) is 15.3. The molecule has 12 nitrogen and oxygen atoms in total. The van der Waals surface area contributed by atoms with E-state index in [9.17, 15) is 24.0 Å². The summed E-state index contributed by atoms with van der Waals surface area (Å²) in [5.41, 5.74) is 4.53. The molecule has 0 saturated carbocycles. The van der Waals surface area contributed by atoms with Crippen LogP contribution in [0.2, 0.25) is 0 Å². The number of hydrogen-bond donors (Lipinski definition) is 2. The lowest BCUT2D eigenvalue weighted by Crippen LogP contribution is -2.45. The number of furan rings is 1. The Morgan fingerprint density at radius 1 is 1.26 bits per heavy atom. The summed E-state index contributed by atoms with van der Waals surface area (Å²) in [6.07, 6.45) is 4.24. The number of unbranched alkanes of at least 4 members (excludes halogenated alkanes) is 1. The number of hydrogen-bond acceptors (Lipinski definition) is 8. The fourth-order valence-corrected chi connectivity index (χ4v) is 4.06. The molecule has 1 fully saturated rings. The summed E-state index contributed by atoms with van der Waals surface area (Å²) in [6.45, 7) is 3.89. The van der Waals surface area contributed by atoms with E-state index < -0.39 is 41.7 Å². The van der Waals surface area contributed by atoms with Gasteiger partial charge in [0.05, 0.1) is 6.26 Å². The standard InChI is InChI=1S/C23H31N5O7/c1-3-5-11-27(18-19(24)28(10-4-2)23(33)25-20(18)30)17(29)14-35-22(32)15-8-6-12-26(15)21(31)16-9-7-13-34-16/h7,9,13,15H,3-6,8,10-12,14,24H2,1-2H3,(H,25,30,33). The molecule has 1 unspecified atom stereocenters. The van der Waals surface area contributed by atoms with Gasteiger partial charge in [-0.15, -0.1) is 0 Å². The van der Waals surface area contributed by atoms with Gasteiger partial charge in [0.25, 0.3) is 17.4 Å². The smallest absolute Gasteiger partial charge is 0.330 e. The molecule has 1 atom stereocenters. The number of aromatic amines is 1. The molecule has 0 spiro atoms. The number of ether oxygens (including phenoxy) is 1. The summed E-state index contributed by atoms with van der Waals surface area (Å²) in [5.74, 6) is -1.81.